The summed E-state index contributed by atoms with van der Waals surface area (Å²) in [6, 6.07) is 16.3. The molecule has 1 aliphatic carbocycles. The summed E-state index contributed by atoms with van der Waals surface area (Å²) in [4.78, 5) is 18.6. The molecule has 1 aromatic heterocycles. The number of aromatic nitrogens is 1. The van der Waals surface area contributed by atoms with Crippen molar-refractivity contribution in [2.24, 2.45) is 5.92 Å². The van der Waals surface area contributed by atoms with E-state index in [1.54, 1.807) is 7.11 Å². The Hall–Kier alpha value is -3.01. The zero-order valence-corrected chi connectivity index (χ0v) is 21.0. The number of aromatic amines is 1. The molecule has 1 aliphatic heterocycles. The van der Waals surface area contributed by atoms with Crippen LogP contribution in [0.2, 0.25) is 0 Å². The number of hydrogen-bond acceptors (Lipinski definition) is 4. The molecule has 3 aromatic rings. The number of methoxy groups -OCH3 is 1. The molecule has 0 saturated heterocycles. The second-order valence-corrected chi connectivity index (χ2v) is 9.74. The minimum Gasteiger partial charge on any atom is -0.497 e. The topological polar surface area (TPSA) is 81.2 Å². The van der Waals surface area contributed by atoms with Crippen LogP contribution in [0.4, 0.5) is 0 Å². The number of rotatable bonds is 6. The summed E-state index contributed by atoms with van der Waals surface area (Å²) in [6.07, 6.45) is 6.68. The Bertz CT molecular complexity index is 1220. The quantitative estimate of drug-likeness (QED) is 0.495. The van der Waals surface area contributed by atoms with Gasteiger partial charge in [-0.2, -0.15) is 5.26 Å². The van der Waals surface area contributed by atoms with E-state index in [1.807, 2.05) is 30.3 Å². The average Bonchev–Trinajstić information content (AvgIpc) is 3.31. The maximum atomic E-state index is 12.8. The average molecular weight is 493 g/mol. The monoisotopic (exact) mass is 492 g/mol. The number of H-pyrrole nitrogens is 1. The lowest BCUT2D eigenvalue weighted by Gasteiger charge is -2.33. The maximum absolute atomic E-state index is 12.8. The summed E-state index contributed by atoms with van der Waals surface area (Å²) < 4.78 is 5.27. The van der Waals surface area contributed by atoms with Crippen molar-refractivity contribution in [1.29, 1.82) is 5.26 Å². The number of fused-ring (bicyclic) bond motifs is 2. The van der Waals surface area contributed by atoms with E-state index in [4.69, 9.17) is 10.00 Å². The lowest BCUT2D eigenvalue weighted by atomic mass is 9.84. The first-order valence-corrected chi connectivity index (χ1v) is 12.3. The minimum atomic E-state index is -0.0230. The third-order valence-electron chi connectivity index (χ3n) is 7.54. The number of nitriles is 1. The molecule has 5 rings (SSSR count). The second kappa shape index (κ2) is 11.2. The van der Waals surface area contributed by atoms with Crippen LogP contribution in [0.1, 0.15) is 59.3 Å². The van der Waals surface area contributed by atoms with Gasteiger partial charge in [0.25, 0.3) is 5.91 Å². The van der Waals surface area contributed by atoms with Crippen LogP contribution in [0.15, 0.2) is 42.5 Å². The maximum Gasteiger partial charge on any atom is 0.267 e. The molecule has 0 radical (unpaired) electrons. The molecule has 0 bridgehead atoms. The fourth-order valence-corrected chi connectivity index (χ4v) is 5.45. The van der Waals surface area contributed by atoms with Gasteiger partial charge in [0.15, 0.2) is 0 Å². The summed E-state index contributed by atoms with van der Waals surface area (Å²) >= 11 is 0. The van der Waals surface area contributed by atoms with Crippen molar-refractivity contribution in [3.8, 4) is 11.8 Å². The highest BCUT2D eigenvalue weighted by Gasteiger charge is 2.24. The second-order valence-electron chi connectivity index (χ2n) is 9.74. The highest BCUT2D eigenvalue weighted by molar-refractivity contribution is 5.98. The minimum absolute atomic E-state index is 0. The largest absolute Gasteiger partial charge is 0.497 e. The molecule has 1 amide bonds. The molecule has 35 heavy (non-hydrogen) atoms. The SMILES string of the molecule is COc1ccc2cc(C(=O)NC3CCC(CCN4CCc5cc(C#N)ccc5C4)CC3)[nH]c2c1.Cl. The van der Waals surface area contributed by atoms with E-state index in [-0.39, 0.29) is 24.4 Å². The van der Waals surface area contributed by atoms with E-state index in [0.717, 1.165) is 67.0 Å². The van der Waals surface area contributed by atoms with Gasteiger partial charge in [-0.3, -0.25) is 9.69 Å². The zero-order valence-electron chi connectivity index (χ0n) is 20.2. The van der Waals surface area contributed by atoms with Gasteiger partial charge < -0.3 is 15.0 Å². The lowest BCUT2D eigenvalue weighted by Crippen LogP contribution is -2.38. The Kier molecular flexibility index (Phi) is 8.00. The van der Waals surface area contributed by atoms with Crippen LogP contribution in [0.25, 0.3) is 10.9 Å². The lowest BCUT2D eigenvalue weighted by molar-refractivity contribution is 0.0915. The standard InChI is InChI=1S/C28H32N4O2.ClH/c1-34-25-9-6-22-15-27(31-26(22)16-25)28(33)30-24-7-3-19(4-8-24)10-12-32-13-11-21-14-20(17-29)2-5-23(21)18-32;/h2,5-6,9,14-16,19,24,31H,3-4,7-8,10-13,18H2,1H3,(H,30,33);1H. The first-order chi connectivity index (χ1) is 16.6. The van der Waals surface area contributed by atoms with Gasteiger partial charge in [0.05, 0.1) is 18.7 Å². The fourth-order valence-electron chi connectivity index (χ4n) is 5.45. The normalized spacial score (nSPS) is 19.9. The molecule has 1 saturated carbocycles. The van der Waals surface area contributed by atoms with Crippen LogP contribution < -0.4 is 10.1 Å². The Labute approximate surface area is 213 Å². The number of nitrogens with one attached hydrogen (secondary N) is 2. The first kappa shape index (κ1) is 25.1. The van der Waals surface area contributed by atoms with Crippen molar-refractivity contribution < 1.29 is 9.53 Å². The van der Waals surface area contributed by atoms with Crippen molar-refractivity contribution in [1.82, 2.24) is 15.2 Å². The predicted octanol–water partition coefficient (Wildman–Crippen LogP) is 5.21. The number of carbonyl (C=O) groups excluding carboxylic acids is 1. The zero-order chi connectivity index (χ0) is 23.5. The van der Waals surface area contributed by atoms with E-state index in [0.29, 0.717) is 5.69 Å². The van der Waals surface area contributed by atoms with Gasteiger partial charge >= 0.3 is 0 Å². The summed E-state index contributed by atoms with van der Waals surface area (Å²) in [7, 11) is 1.64. The van der Waals surface area contributed by atoms with Gasteiger partial charge in [0, 0.05) is 36.1 Å². The number of ether oxygens (including phenoxy) is 1. The molecular weight excluding hydrogens is 460 g/mol. The van der Waals surface area contributed by atoms with Crippen molar-refractivity contribution in [3.05, 3.63) is 64.8 Å². The van der Waals surface area contributed by atoms with Gasteiger partial charge in [0.1, 0.15) is 11.4 Å². The predicted molar refractivity (Wildman–Crippen MR) is 140 cm³/mol. The van der Waals surface area contributed by atoms with Crippen molar-refractivity contribution >= 4 is 29.2 Å². The van der Waals surface area contributed by atoms with E-state index in [9.17, 15) is 4.79 Å². The number of benzene rings is 2. The van der Waals surface area contributed by atoms with Crippen LogP contribution in [0.3, 0.4) is 0 Å². The molecule has 0 atom stereocenters. The van der Waals surface area contributed by atoms with Gasteiger partial charge in [-0.05, 0) is 92.4 Å². The number of nitrogens with zero attached hydrogens (tertiary/aromatic N) is 2. The van der Waals surface area contributed by atoms with Crippen molar-refractivity contribution in [2.45, 2.75) is 51.1 Å². The van der Waals surface area contributed by atoms with Gasteiger partial charge in [-0.25, -0.2) is 0 Å². The Morgan fingerprint density at radius 3 is 2.74 bits per heavy atom. The number of hydrogen-bond donors (Lipinski definition) is 2. The number of amides is 1. The van der Waals surface area contributed by atoms with E-state index in [2.05, 4.69) is 33.4 Å². The van der Waals surface area contributed by atoms with E-state index in [1.165, 1.54) is 30.4 Å². The Morgan fingerprint density at radius 1 is 1.14 bits per heavy atom. The Morgan fingerprint density at radius 2 is 1.97 bits per heavy atom. The van der Waals surface area contributed by atoms with Gasteiger partial charge in [0.2, 0.25) is 0 Å². The molecule has 7 heteroatoms. The van der Waals surface area contributed by atoms with Crippen LogP contribution in [0.5, 0.6) is 5.75 Å². The molecule has 2 aromatic carbocycles. The number of carbonyl (C=O) groups is 1. The first-order valence-electron chi connectivity index (χ1n) is 12.3. The Balaban J connectivity index is 0.00000289. The van der Waals surface area contributed by atoms with E-state index >= 15 is 0 Å². The summed E-state index contributed by atoms with van der Waals surface area (Å²) in [5.74, 6) is 1.49. The van der Waals surface area contributed by atoms with Crippen molar-refractivity contribution in [2.75, 3.05) is 20.2 Å². The smallest absolute Gasteiger partial charge is 0.267 e. The molecule has 1 fully saturated rings. The molecule has 2 N–H and O–H groups in total. The summed E-state index contributed by atoms with van der Waals surface area (Å²) in [5, 5.41) is 13.4. The molecule has 0 spiro atoms. The molecule has 2 aliphatic rings. The third-order valence-corrected chi connectivity index (χ3v) is 7.54. The molecule has 2 heterocycles. The molecule has 184 valence electrons. The highest BCUT2D eigenvalue weighted by atomic mass is 35.5. The van der Waals surface area contributed by atoms with E-state index < -0.39 is 0 Å². The van der Waals surface area contributed by atoms with Gasteiger partial charge in [-0.15, -0.1) is 12.4 Å². The summed E-state index contributed by atoms with van der Waals surface area (Å²) in [5.41, 5.74) is 4.99. The molecule has 6 nitrogen and oxygen atoms in total. The van der Waals surface area contributed by atoms with Crippen LogP contribution in [0, 0.1) is 17.2 Å². The molecule has 0 unspecified atom stereocenters. The van der Waals surface area contributed by atoms with Crippen LogP contribution in [-0.2, 0) is 13.0 Å². The van der Waals surface area contributed by atoms with Crippen LogP contribution in [-0.4, -0.2) is 42.0 Å². The highest BCUT2D eigenvalue weighted by Crippen LogP contribution is 2.29. The fraction of sp³-hybridized carbons (Fsp3) is 0.429. The van der Waals surface area contributed by atoms with Gasteiger partial charge in [-0.1, -0.05) is 6.07 Å². The van der Waals surface area contributed by atoms with Crippen molar-refractivity contribution in [3.63, 3.8) is 0 Å². The summed E-state index contributed by atoms with van der Waals surface area (Å²) in [6.45, 7) is 3.19. The third kappa shape index (κ3) is 5.80. The molecular formula is C28H33ClN4O2. The number of halogens is 1. The van der Waals surface area contributed by atoms with Crippen LogP contribution >= 0.6 is 12.4 Å².